The van der Waals surface area contributed by atoms with E-state index in [1.165, 1.54) is 6.92 Å². The first-order chi connectivity index (χ1) is 7.99. The molecule has 0 aromatic heterocycles. The Kier molecular flexibility index (Phi) is 7.75. The molecule has 2 N–H and O–H groups in total. The summed E-state index contributed by atoms with van der Waals surface area (Å²) in [6, 6.07) is 0. The number of hydrogen-bond acceptors (Lipinski definition) is 4. The molecule has 0 aromatic carbocycles. The number of carbonyl (C=O) groups excluding carboxylic acids is 3. The van der Waals surface area contributed by atoms with E-state index in [0.717, 1.165) is 0 Å². The van der Waals surface area contributed by atoms with Crippen LogP contribution in [0.5, 0.6) is 0 Å². The van der Waals surface area contributed by atoms with Crippen molar-refractivity contribution in [2.75, 3.05) is 20.7 Å². The largest absolute Gasteiger partial charge is 0.466 e. The van der Waals surface area contributed by atoms with E-state index in [0.29, 0.717) is 6.42 Å². The van der Waals surface area contributed by atoms with Crippen molar-refractivity contribution in [2.45, 2.75) is 26.2 Å². The topological polar surface area (TPSA) is 84.5 Å². The van der Waals surface area contributed by atoms with Gasteiger partial charge in [0.15, 0.2) is 0 Å². The predicted molar refractivity (Wildman–Crippen MR) is 62.1 cm³/mol. The zero-order chi connectivity index (χ0) is 13.3. The number of carbonyl (C=O) groups is 3. The van der Waals surface area contributed by atoms with E-state index in [1.807, 2.05) is 0 Å². The number of esters is 1. The summed E-state index contributed by atoms with van der Waals surface area (Å²) < 4.78 is 4.80. The maximum absolute atomic E-state index is 11.2. The molecule has 0 aliphatic rings. The summed E-state index contributed by atoms with van der Waals surface area (Å²) in [5.41, 5.74) is 0. The van der Waals surface area contributed by atoms with Crippen molar-refractivity contribution in [1.82, 2.24) is 10.6 Å². The maximum atomic E-state index is 11.2. The minimum atomic E-state index is -0.358. The van der Waals surface area contributed by atoms with Crippen molar-refractivity contribution in [2.24, 2.45) is 5.92 Å². The first kappa shape index (κ1) is 15.4. The molecule has 0 bridgehead atoms. The van der Waals surface area contributed by atoms with Crippen molar-refractivity contribution in [3.8, 4) is 0 Å². The van der Waals surface area contributed by atoms with Crippen molar-refractivity contribution in [3.05, 3.63) is 0 Å². The van der Waals surface area contributed by atoms with E-state index >= 15 is 0 Å². The van der Waals surface area contributed by atoms with E-state index in [4.69, 9.17) is 4.74 Å². The minimum Gasteiger partial charge on any atom is -0.466 e. The zero-order valence-electron chi connectivity index (χ0n) is 10.5. The minimum absolute atomic E-state index is 0.116. The lowest BCUT2D eigenvalue weighted by Crippen LogP contribution is -2.27. The van der Waals surface area contributed by atoms with Gasteiger partial charge in [-0.05, 0) is 12.3 Å². The van der Waals surface area contributed by atoms with E-state index in [9.17, 15) is 14.4 Å². The first-order valence-corrected chi connectivity index (χ1v) is 5.54. The van der Waals surface area contributed by atoms with Gasteiger partial charge in [-0.1, -0.05) is 0 Å². The van der Waals surface area contributed by atoms with Gasteiger partial charge in [0.1, 0.15) is 0 Å². The summed E-state index contributed by atoms with van der Waals surface area (Å²) >= 11 is 0. The van der Waals surface area contributed by atoms with Crippen LogP contribution in [0, 0.1) is 5.92 Å². The van der Waals surface area contributed by atoms with Crippen LogP contribution in [0.25, 0.3) is 0 Å². The van der Waals surface area contributed by atoms with Crippen LogP contribution >= 0.6 is 0 Å². The van der Waals surface area contributed by atoms with Gasteiger partial charge in [0.25, 0.3) is 0 Å². The fraction of sp³-hybridized carbons (Fsp3) is 0.727. The van der Waals surface area contributed by atoms with Crippen LogP contribution in [-0.4, -0.2) is 38.5 Å². The fourth-order valence-corrected chi connectivity index (χ4v) is 1.37. The van der Waals surface area contributed by atoms with Gasteiger partial charge >= 0.3 is 5.97 Å². The summed E-state index contributed by atoms with van der Waals surface area (Å²) in [5, 5.41) is 5.01. The van der Waals surface area contributed by atoms with Gasteiger partial charge in [0.05, 0.1) is 6.61 Å². The molecule has 0 radical (unpaired) electrons. The molecule has 6 heteroatoms. The smallest absolute Gasteiger partial charge is 0.302 e. The predicted octanol–water partition coefficient (Wildman–Crippen LogP) is -0.172. The quantitative estimate of drug-likeness (QED) is 0.609. The lowest BCUT2D eigenvalue weighted by Gasteiger charge is -2.14. The van der Waals surface area contributed by atoms with E-state index < -0.39 is 0 Å². The molecular formula is C11H20N2O4. The number of ether oxygens (including phenoxy) is 1. The van der Waals surface area contributed by atoms with Gasteiger partial charge in [-0.2, -0.15) is 0 Å². The molecule has 6 nitrogen and oxygen atoms in total. The molecule has 0 spiro atoms. The van der Waals surface area contributed by atoms with Crippen LogP contribution in [0.4, 0.5) is 0 Å². The standard InChI is InChI=1S/C11H20N2O4/c1-8(14)17-5-4-9(6-10(15)12-2)7-11(16)13-3/h9H,4-7H2,1-3H3,(H,12,15)(H,13,16). The Hall–Kier alpha value is -1.59. The van der Waals surface area contributed by atoms with Crippen LogP contribution in [0.1, 0.15) is 26.2 Å². The Morgan fingerprint density at radius 3 is 1.88 bits per heavy atom. The highest BCUT2D eigenvalue weighted by atomic mass is 16.5. The van der Waals surface area contributed by atoms with Crippen molar-refractivity contribution >= 4 is 17.8 Å². The SMILES string of the molecule is CNC(=O)CC(CCOC(C)=O)CC(=O)NC. The molecule has 0 aromatic rings. The molecule has 2 amide bonds. The van der Waals surface area contributed by atoms with Crippen molar-refractivity contribution in [3.63, 3.8) is 0 Å². The lowest BCUT2D eigenvalue weighted by atomic mass is 9.97. The molecule has 0 heterocycles. The number of nitrogens with one attached hydrogen (secondary N) is 2. The van der Waals surface area contributed by atoms with Gasteiger partial charge < -0.3 is 15.4 Å². The zero-order valence-corrected chi connectivity index (χ0v) is 10.5. The molecule has 17 heavy (non-hydrogen) atoms. The van der Waals surface area contributed by atoms with Crippen LogP contribution in [-0.2, 0) is 19.1 Å². The number of hydrogen-bond donors (Lipinski definition) is 2. The Balaban J connectivity index is 4.14. The van der Waals surface area contributed by atoms with Gasteiger partial charge in [-0.15, -0.1) is 0 Å². The summed E-state index contributed by atoms with van der Waals surface area (Å²) in [4.78, 5) is 33.1. The second-order valence-electron chi connectivity index (χ2n) is 3.75. The second kappa shape index (κ2) is 8.55. The summed E-state index contributed by atoms with van der Waals surface area (Å²) in [7, 11) is 3.09. The Bertz CT molecular complexity index is 261. The average Bonchev–Trinajstić information content (AvgIpc) is 2.27. The highest BCUT2D eigenvalue weighted by Gasteiger charge is 2.16. The highest BCUT2D eigenvalue weighted by Crippen LogP contribution is 2.13. The summed E-state index contributed by atoms with van der Waals surface area (Å²) in [6.07, 6.45) is 1.01. The second-order valence-corrected chi connectivity index (χ2v) is 3.75. The molecule has 0 aliphatic heterocycles. The van der Waals surface area contributed by atoms with Crippen LogP contribution in [0.15, 0.2) is 0 Å². The molecule has 0 saturated heterocycles. The lowest BCUT2D eigenvalue weighted by molar-refractivity contribution is -0.141. The summed E-state index contributed by atoms with van der Waals surface area (Å²) in [6.45, 7) is 1.56. The normalized spacial score (nSPS) is 9.88. The third-order valence-electron chi connectivity index (χ3n) is 2.34. The molecule has 0 fully saturated rings. The maximum Gasteiger partial charge on any atom is 0.302 e. The fourth-order valence-electron chi connectivity index (χ4n) is 1.37. The summed E-state index contributed by atoms with van der Waals surface area (Å²) in [5.74, 6) is -0.721. The van der Waals surface area contributed by atoms with E-state index in [1.54, 1.807) is 14.1 Å². The highest BCUT2D eigenvalue weighted by molar-refractivity contribution is 5.79. The molecule has 0 unspecified atom stereocenters. The first-order valence-electron chi connectivity index (χ1n) is 5.54. The van der Waals surface area contributed by atoms with Gasteiger partial charge in [0, 0.05) is 33.9 Å². The molecule has 0 saturated carbocycles. The number of amides is 2. The molecule has 98 valence electrons. The van der Waals surface area contributed by atoms with Gasteiger partial charge in [-0.25, -0.2) is 0 Å². The van der Waals surface area contributed by atoms with Gasteiger partial charge in [0.2, 0.25) is 11.8 Å². The van der Waals surface area contributed by atoms with Crippen molar-refractivity contribution in [1.29, 1.82) is 0 Å². The molecular weight excluding hydrogens is 224 g/mol. The molecule has 0 atom stereocenters. The van der Waals surface area contributed by atoms with E-state index in [-0.39, 0.29) is 43.2 Å². The Morgan fingerprint density at radius 2 is 1.53 bits per heavy atom. The third-order valence-corrected chi connectivity index (χ3v) is 2.34. The van der Waals surface area contributed by atoms with E-state index in [2.05, 4.69) is 10.6 Å². The number of rotatable bonds is 7. The van der Waals surface area contributed by atoms with Crippen LogP contribution < -0.4 is 10.6 Å². The van der Waals surface area contributed by atoms with Crippen LogP contribution in [0.2, 0.25) is 0 Å². The molecule has 0 rings (SSSR count). The third kappa shape index (κ3) is 8.24. The monoisotopic (exact) mass is 244 g/mol. The molecule has 0 aliphatic carbocycles. The Labute approximate surface area is 101 Å². The van der Waals surface area contributed by atoms with Gasteiger partial charge in [-0.3, -0.25) is 14.4 Å². The Morgan fingerprint density at radius 1 is 1.06 bits per heavy atom. The van der Waals surface area contributed by atoms with Crippen molar-refractivity contribution < 1.29 is 19.1 Å². The average molecular weight is 244 g/mol. The van der Waals surface area contributed by atoms with Crippen LogP contribution in [0.3, 0.4) is 0 Å².